The number of carbonyl (C=O) groups is 1. The minimum Gasteiger partial charge on any atom is -0.497 e. The second kappa shape index (κ2) is 7.32. The van der Waals surface area contributed by atoms with E-state index >= 15 is 0 Å². The maximum absolute atomic E-state index is 12.8. The molecule has 4 nitrogen and oxygen atoms in total. The van der Waals surface area contributed by atoms with Crippen molar-refractivity contribution in [1.82, 2.24) is 0 Å². The number of rotatable bonds is 3. The number of ether oxygens (including phenoxy) is 1. The molecule has 0 radical (unpaired) electrons. The van der Waals surface area contributed by atoms with Gasteiger partial charge in [-0.2, -0.15) is 0 Å². The van der Waals surface area contributed by atoms with Crippen LogP contribution in [0, 0.1) is 6.92 Å². The van der Waals surface area contributed by atoms with E-state index in [1.54, 1.807) is 19.1 Å². The standard InChI is InChI=1S/C18H19ClN2O2.ClH/c1-11-8-13(5-7-15(11)19)21(2)18(22)17-9-12-4-6-14(23-3)10-16(12)20-17;/h4-8,10,17,20H,9H2,1-3H3;1H. The Morgan fingerprint density at radius 1 is 1.29 bits per heavy atom. The molecule has 1 heterocycles. The van der Waals surface area contributed by atoms with Gasteiger partial charge >= 0.3 is 0 Å². The van der Waals surface area contributed by atoms with Crippen LogP contribution in [0.3, 0.4) is 0 Å². The van der Waals surface area contributed by atoms with E-state index in [2.05, 4.69) is 5.32 Å². The fourth-order valence-corrected chi connectivity index (χ4v) is 2.92. The van der Waals surface area contributed by atoms with E-state index in [0.717, 1.165) is 28.3 Å². The molecule has 1 amide bonds. The van der Waals surface area contributed by atoms with E-state index in [1.165, 1.54) is 0 Å². The van der Waals surface area contributed by atoms with Crippen LogP contribution < -0.4 is 15.0 Å². The topological polar surface area (TPSA) is 41.6 Å². The van der Waals surface area contributed by atoms with E-state index in [0.29, 0.717) is 11.4 Å². The highest BCUT2D eigenvalue weighted by molar-refractivity contribution is 6.31. The maximum atomic E-state index is 12.8. The fourth-order valence-electron chi connectivity index (χ4n) is 2.80. The minimum atomic E-state index is -0.266. The monoisotopic (exact) mass is 366 g/mol. The van der Waals surface area contributed by atoms with Crippen molar-refractivity contribution in [2.45, 2.75) is 19.4 Å². The minimum absolute atomic E-state index is 0. The Kier molecular flexibility index (Phi) is 5.62. The number of nitrogens with zero attached hydrogens (tertiary/aromatic N) is 1. The summed E-state index contributed by atoms with van der Waals surface area (Å²) in [6.07, 6.45) is 0.676. The Hall–Kier alpha value is -1.91. The zero-order chi connectivity index (χ0) is 16.6. The smallest absolute Gasteiger partial charge is 0.249 e. The summed E-state index contributed by atoms with van der Waals surface area (Å²) in [6, 6.07) is 11.2. The predicted octanol–water partition coefficient (Wildman–Crippen LogP) is 4.08. The molecule has 0 aliphatic carbocycles. The first-order valence-corrected chi connectivity index (χ1v) is 7.84. The Morgan fingerprint density at radius 2 is 2.04 bits per heavy atom. The van der Waals surface area contributed by atoms with Gasteiger partial charge < -0.3 is 15.0 Å². The molecule has 0 bridgehead atoms. The predicted molar refractivity (Wildman–Crippen MR) is 101 cm³/mol. The summed E-state index contributed by atoms with van der Waals surface area (Å²) in [5.74, 6) is 0.813. The summed E-state index contributed by atoms with van der Waals surface area (Å²) in [7, 11) is 3.42. The third kappa shape index (κ3) is 3.45. The van der Waals surface area contributed by atoms with Crippen LogP contribution in [0.25, 0.3) is 0 Å². The normalized spacial score (nSPS) is 15.1. The van der Waals surface area contributed by atoms with Gasteiger partial charge in [-0.25, -0.2) is 0 Å². The van der Waals surface area contributed by atoms with E-state index in [9.17, 15) is 4.79 Å². The highest BCUT2D eigenvalue weighted by Crippen LogP contribution is 2.31. The Labute approximate surface area is 153 Å². The Bertz CT molecular complexity index is 765. The Balaban J connectivity index is 0.00000208. The summed E-state index contributed by atoms with van der Waals surface area (Å²) < 4.78 is 5.23. The molecule has 1 aliphatic rings. The number of hydrogen-bond acceptors (Lipinski definition) is 3. The molecule has 0 spiro atoms. The average Bonchev–Trinajstić information content (AvgIpc) is 2.98. The lowest BCUT2D eigenvalue weighted by Crippen LogP contribution is -2.39. The second-order valence-corrected chi connectivity index (χ2v) is 6.16. The number of likely N-dealkylation sites (N-methyl/N-ethyl adjacent to an activating group) is 1. The van der Waals surface area contributed by atoms with Gasteiger partial charge in [0, 0.05) is 35.9 Å². The molecule has 0 fully saturated rings. The van der Waals surface area contributed by atoms with Gasteiger partial charge in [0.25, 0.3) is 0 Å². The molecule has 1 unspecified atom stereocenters. The van der Waals surface area contributed by atoms with Crippen molar-refractivity contribution >= 4 is 41.3 Å². The van der Waals surface area contributed by atoms with Gasteiger partial charge in [0.2, 0.25) is 5.91 Å². The van der Waals surface area contributed by atoms with E-state index < -0.39 is 0 Å². The van der Waals surface area contributed by atoms with Crippen LogP contribution >= 0.6 is 24.0 Å². The first-order chi connectivity index (χ1) is 11.0. The number of nitrogens with one attached hydrogen (secondary N) is 1. The van der Waals surface area contributed by atoms with Crippen molar-refractivity contribution in [3.05, 3.63) is 52.5 Å². The van der Waals surface area contributed by atoms with Crippen molar-refractivity contribution in [2.75, 3.05) is 24.4 Å². The molecule has 1 N–H and O–H groups in total. The van der Waals surface area contributed by atoms with Crippen LogP contribution in [0.15, 0.2) is 36.4 Å². The highest BCUT2D eigenvalue weighted by Gasteiger charge is 2.29. The molecule has 24 heavy (non-hydrogen) atoms. The average molecular weight is 367 g/mol. The number of aryl methyl sites for hydroxylation is 1. The van der Waals surface area contributed by atoms with Gasteiger partial charge in [0.1, 0.15) is 11.8 Å². The number of anilines is 2. The maximum Gasteiger partial charge on any atom is 0.249 e. The van der Waals surface area contributed by atoms with Crippen molar-refractivity contribution in [3.8, 4) is 5.75 Å². The summed E-state index contributed by atoms with van der Waals surface area (Å²) in [5.41, 5.74) is 3.89. The number of carbonyl (C=O) groups excluding carboxylic acids is 1. The van der Waals surface area contributed by atoms with Crippen LogP contribution in [-0.2, 0) is 11.2 Å². The largest absolute Gasteiger partial charge is 0.497 e. The second-order valence-electron chi connectivity index (χ2n) is 5.75. The van der Waals surface area contributed by atoms with Gasteiger partial charge in [0.05, 0.1) is 7.11 Å². The first kappa shape index (κ1) is 18.4. The van der Waals surface area contributed by atoms with Gasteiger partial charge in [0.15, 0.2) is 0 Å². The van der Waals surface area contributed by atoms with Gasteiger partial charge in [-0.15, -0.1) is 12.4 Å². The zero-order valence-corrected chi connectivity index (χ0v) is 15.4. The highest BCUT2D eigenvalue weighted by atomic mass is 35.5. The van der Waals surface area contributed by atoms with E-state index in [-0.39, 0.29) is 24.4 Å². The third-order valence-corrected chi connectivity index (χ3v) is 4.65. The molecule has 3 rings (SSSR count). The molecule has 128 valence electrons. The lowest BCUT2D eigenvalue weighted by Gasteiger charge is -2.22. The molecule has 1 atom stereocenters. The molecule has 6 heteroatoms. The van der Waals surface area contributed by atoms with Gasteiger partial charge in [-0.05, 0) is 42.3 Å². The molecule has 1 aliphatic heterocycles. The number of methoxy groups -OCH3 is 1. The van der Waals surface area contributed by atoms with Crippen molar-refractivity contribution in [2.24, 2.45) is 0 Å². The number of amides is 1. The Morgan fingerprint density at radius 3 is 2.71 bits per heavy atom. The van der Waals surface area contributed by atoms with Crippen molar-refractivity contribution in [3.63, 3.8) is 0 Å². The summed E-state index contributed by atoms with van der Waals surface area (Å²) in [4.78, 5) is 14.4. The molecule has 0 saturated heterocycles. The van der Waals surface area contributed by atoms with Crippen LogP contribution in [0.1, 0.15) is 11.1 Å². The first-order valence-electron chi connectivity index (χ1n) is 7.47. The lowest BCUT2D eigenvalue weighted by atomic mass is 10.1. The molecule has 0 aromatic heterocycles. The number of benzene rings is 2. The van der Waals surface area contributed by atoms with E-state index in [1.807, 2.05) is 43.3 Å². The molecular formula is C18H20Cl2N2O2. The molecule has 2 aromatic carbocycles. The summed E-state index contributed by atoms with van der Waals surface area (Å²) >= 11 is 6.05. The van der Waals surface area contributed by atoms with Crippen LogP contribution in [-0.4, -0.2) is 26.1 Å². The summed E-state index contributed by atoms with van der Waals surface area (Å²) in [5, 5.41) is 3.99. The van der Waals surface area contributed by atoms with Crippen molar-refractivity contribution < 1.29 is 9.53 Å². The van der Waals surface area contributed by atoms with Gasteiger partial charge in [-0.1, -0.05) is 17.7 Å². The number of fused-ring (bicyclic) bond motifs is 1. The number of halogens is 2. The van der Waals surface area contributed by atoms with Crippen LogP contribution in [0.4, 0.5) is 11.4 Å². The van der Waals surface area contributed by atoms with Crippen LogP contribution in [0.2, 0.25) is 5.02 Å². The van der Waals surface area contributed by atoms with Crippen LogP contribution in [0.5, 0.6) is 5.75 Å². The molecule has 2 aromatic rings. The quantitative estimate of drug-likeness (QED) is 0.889. The van der Waals surface area contributed by atoms with Gasteiger partial charge in [-0.3, -0.25) is 4.79 Å². The van der Waals surface area contributed by atoms with E-state index in [4.69, 9.17) is 16.3 Å². The lowest BCUT2D eigenvalue weighted by molar-refractivity contribution is -0.118. The zero-order valence-electron chi connectivity index (χ0n) is 13.8. The fraction of sp³-hybridized carbons (Fsp3) is 0.278. The molecule has 0 saturated carbocycles. The summed E-state index contributed by atoms with van der Waals surface area (Å²) in [6.45, 7) is 1.93. The molecular weight excluding hydrogens is 347 g/mol. The third-order valence-electron chi connectivity index (χ3n) is 4.23. The van der Waals surface area contributed by atoms with Crippen molar-refractivity contribution in [1.29, 1.82) is 0 Å². The SMILES string of the molecule is COc1ccc2c(c1)NC(C(=O)N(C)c1ccc(Cl)c(C)c1)C2.Cl. The number of hydrogen-bond donors (Lipinski definition) is 1.